The molecule has 4 saturated carbocycles. The number of Topliss-reactive ketones (excluding diaryl/α,β-unsaturated/α-hetero) is 1. The zero-order chi connectivity index (χ0) is 25.8. The normalized spacial score (nSPS) is 50.1. The number of ketones is 1. The third-order valence-electron chi connectivity index (χ3n) is 13.0. The van der Waals surface area contributed by atoms with Gasteiger partial charge in [0.25, 0.3) is 0 Å². The van der Waals surface area contributed by atoms with Crippen molar-refractivity contribution in [1.82, 2.24) is 0 Å². The Labute approximate surface area is 212 Å². The monoisotopic (exact) mass is 484 g/mol. The highest BCUT2D eigenvalue weighted by molar-refractivity contribution is 5.85. The Hall–Kier alpha value is -1.16. The van der Waals surface area contributed by atoms with E-state index in [0.29, 0.717) is 36.9 Å². The van der Waals surface area contributed by atoms with E-state index in [9.17, 15) is 14.7 Å². The summed E-state index contributed by atoms with van der Waals surface area (Å²) in [5.41, 5.74) is 0.599. The van der Waals surface area contributed by atoms with Crippen LogP contribution < -0.4 is 0 Å². The fraction of sp³-hybridized carbons (Fsp3) is 0.871. The lowest BCUT2D eigenvalue weighted by molar-refractivity contribution is -0.202. The van der Waals surface area contributed by atoms with Crippen molar-refractivity contribution in [2.24, 2.45) is 50.2 Å². The highest BCUT2D eigenvalue weighted by atomic mass is 16.5. The maximum atomic E-state index is 13.4. The number of fused-ring (bicyclic) bond motifs is 7. The minimum Gasteiger partial charge on any atom is -0.468 e. The SMILES string of the molecule is COC(=O)[C@@]12CC[C@]3(C)C(=CC[C@@H]4[C@@]5(C)CCC(=O)C(C)(C)[C@@H]5CC[C@]43C)[C@@H]1CC(C)(C)C[C@H]2O. The Morgan fingerprint density at radius 1 is 0.971 bits per heavy atom. The lowest BCUT2D eigenvalue weighted by Gasteiger charge is -2.70. The molecule has 0 radical (unpaired) electrons. The van der Waals surface area contributed by atoms with Gasteiger partial charge in [0, 0.05) is 11.8 Å². The topological polar surface area (TPSA) is 63.6 Å². The van der Waals surface area contributed by atoms with Gasteiger partial charge in [0.05, 0.1) is 13.2 Å². The summed E-state index contributed by atoms with van der Waals surface area (Å²) in [6.07, 6.45) is 9.96. The van der Waals surface area contributed by atoms with Crippen LogP contribution >= 0.6 is 0 Å². The van der Waals surface area contributed by atoms with Crippen LogP contribution in [-0.2, 0) is 14.3 Å². The molecule has 5 aliphatic rings. The average Bonchev–Trinajstić information content (AvgIpc) is 2.76. The van der Waals surface area contributed by atoms with E-state index >= 15 is 0 Å². The van der Waals surface area contributed by atoms with E-state index in [4.69, 9.17) is 4.74 Å². The largest absolute Gasteiger partial charge is 0.468 e. The summed E-state index contributed by atoms with van der Waals surface area (Å²) in [7, 11) is 1.48. The minimum atomic E-state index is -0.820. The van der Waals surface area contributed by atoms with Gasteiger partial charge in [-0.05, 0) is 90.8 Å². The Bertz CT molecular complexity index is 976. The van der Waals surface area contributed by atoms with Gasteiger partial charge >= 0.3 is 5.97 Å². The second kappa shape index (κ2) is 7.45. The van der Waals surface area contributed by atoms with Crippen molar-refractivity contribution in [2.75, 3.05) is 7.11 Å². The van der Waals surface area contributed by atoms with Crippen LogP contribution in [0, 0.1) is 50.2 Å². The Kier molecular flexibility index (Phi) is 5.43. The number of carbonyl (C=O) groups is 2. The second-order valence-corrected chi connectivity index (χ2v) is 15.1. The number of esters is 1. The lowest BCUT2D eigenvalue weighted by atomic mass is 9.33. The second-order valence-electron chi connectivity index (χ2n) is 15.1. The summed E-state index contributed by atoms with van der Waals surface area (Å²) in [6, 6.07) is 0. The Morgan fingerprint density at radius 3 is 2.31 bits per heavy atom. The number of aliphatic hydroxyl groups excluding tert-OH is 1. The van der Waals surface area contributed by atoms with Crippen LogP contribution in [0.25, 0.3) is 0 Å². The van der Waals surface area contributed by atoms with Crippen LogP contribution in [0.15, 0.2) is 11.6 Å². The molecule has 0 heterocycles. The molecule has 35 heavy (non-hydrogen) atoms. The van der Waals surface area contributed by atoms with E-state index in [1.54, 1.807) is 0 Å². The number of rotatable bonds is 1. The molecule has 0 aromatic heterocycles. The molecule has 8 atom stereocenters. The van der Waals surface area contributed by atoms with Crippen molar-refractivity contribution in [3.05, 3.63) is 11.6 Å². The third kappa shape index (κ3) is 3.01. The standard InChI is InChI=1S/C31H48O4/c1-26(2)17-20-19-9-10-22-28(5)13-12-23(32)27(3,4)21(28)11-14-30(22,7)29(19,6)15-16-31(20,24(33)18-26)25(34)35-8/h9,20-22,24,33H,10-18H2,1-8H3/t20-,21-,22+,24+,28-,29+,30+,31-/m0/s1. The van der Waals surface area contributed by atoms with Gasteiger partial charge in [0.15, 0.2) is 0 Å². The van der Waals surface area contributed by atoms with Crippen molar-refractivity contribution >= 4 is 11.8 Å². The summed E-state index contributed by atoms with van der Waals surface area (Å²) in [6.45, 7) is 16.4. The third-order valence-corrected chi connectivity index (χ3v) is 13.0. The molecule has 0 saturated heterocycles. The summed E-state index contributed by atoms with van der Waals surface area (Å²) < 4.78 is 5.39. The highest BCUT2D eigenvalue weighted by Gasteiger charge is 2.70. The first-order valence-corrected chi connectivity index (χ1v) is 14.1. The molecule has 0 bridgehead atoms. The average molecular weight is 485 g/mol. The first-order valence-electron chi connectivity index (χ1n) is 14.1. The fourth-order valence-corrected chi connectivity index (χ4v) is 10.8. The molecule has 0 amide bonds. The smallest absolute Gasteiger partial charge is 0.315 e. The summed E-state index contributed by atoms with van der Waals surface area (Å²) in [4.78, 5) is 26.3. The molecule has 0 unspecified atom stereocenters. The molecule has 0 aromatic carbocycles. The lowest BCUT2D eigenvalue weighted by Crippen LogP contribution is -2.66. The molecule has 5 rings (SSSR count). The number of aliphatic hydroxyl groups is 1. The van der Waals surface area contributed by atoms with E-state index < -0.39 is 11.5 Å². The molecule has 0 aromatic rings. The van der Waals surface area contributed by atoms with E-state index in [0.717, 1.165) is 38.5 Å². The maximum absolute atomic E-state index is 13.4. The number of hydrogen-bond acceptors (Lipinski definition) is 4. The highest BCUT2D eigenvalue weighted by Crippen LogP contribution is 2.75. The van der Waals surface area contributed by atoms with Gasteiger partial charge < -0.3 is 9.84 Å². The van der Waals surface area contributed by atoms with E-state index in [-0.39, 0.29) is 39.0 Å². The zero-order valence-corrected chi connectivity index (χ0v) is 23.4. The first kappa shape index (κ1) is 25.5. The van der Waals surface area contributed by atoms with Gasteiger partial charge in [-0.2, -0.15) is 0 Å². The van der Waals surface area contributed by atoms with Crippen LogP contribution in [-0.4, -0.2) is 30.1 Å². The molecular weight excluding hydrogens is 436 g/mol. The Balaban J connectivity index is 1.62. The first-order chi connectivity index (χ1) is 16.1. The quantitative estimate of drug-likeness (QED) is 0.341. The molecule has 1 N–H and O–H groups in total. The van der Waals surface area contributed by atoms with Crippen molar-refractivity contribution < 1.29 is 19.4 Å². The van der Waals surface area contributed by atoms with E-state index in [2.05, 4.69) is 54.5 Å². The predicted molar refractivity (Wildman–Crippen MR) is 137 cm³/mol. The van der Waals surface area contributed by atoms with Crippen LogP contribution in [0.2, 0.25) is 0 Å². The number of allylic oxidation sites excluding steroid dienone is 2. The van der Waals surface area contributed by atoms with Crippen molar-refractivity contribution in [3.63, 3.8) is 0 Å². The van der Waals surface area contributed by atoms with Crippen LogP contribution in [0.5, 0.6) is 0 Å². The molecule has 4 nitrogen and oxygen atoms in total. The fourth-order valence-electron chi connectivity index (χ4n) is 10.8. The molecule has 0 aliphatic heterocycles. The van der Waals surface area contributed by atoms with Gasteiger partial charge in [-0.1, -0.05) is 60.1 Å². The summed E-state index contributed by atoms with van der Waals surface area (Å²) in [5.74, 6) is 1.22. The van der Waals surface area contributed by atoms with Crippen molar-refractivity contribution in [2.45, 2.75) is 112 Å². The molecule has 0 spiro atoms. The van der Waals surface area contributed by atoms with Gasteiger partial charge in [0.2, 0.25) is 0 Å². The summed E-state index contributed by atoms with van der Waals surface area (Å²) in [5, 5.41) is 11.5. The molecule has 4 heteroatoms. The summed E-state index contributed by atoms with van der Waals surface area (Å²) >= 11 is 0. The van der Waals surface area contributed by atoms with Gasteiger partial charge in [-0.3, -0.25) is 9.59 Å². The van der Waals surface area contributed by atoms with Crippen molar-refractivity contribution in [1.29, 1.82) is 0 Å². The number of ether oxygens (including phenoxy) is 1. The van der Waals surface area contributed by atoms with Crippen LogP contribution in [0.1, 0.15) is 106 Å². The molecule has 196 valence electrons. The van der Waals surface area contributed by atoms with Crippen LogP contribution in [0.4, 0.5) is 0 Å². The van der Waals surface area contributed by atoms with Crippen LogP contribution in [0.3, 0.4) is 0 Å². The maximum Gasteiger partial charge on any atom is 0.315 e. The Morgan fingerprint density at radius 2 is 1.66 bits per heavy atom. The van der Waals surface area contributed by atoms with E-state index in [1.807, 2.05) is 0 Å². The minimum absolute atomic E-state index is 0.00910. The molecule has 4 fully saturated rings. The number of methoxy groups -OCH3 is 1. The van der Waals surface area contributed by atoms with Gasteiger partial charge in [0.1, 0.15) is 11.2 Å². The molecule has 5 aliphatic carbocycles. The molecular formula is C31H48O4. The zero-order valence-electron chi connectivity index (χ0n) is 23.4. The van der Waals surface area contributed by atoms with Gasteiger partial charge in [-0.25, -0.2) is 0 Å². The number of hydrogen-bond donors (Lipinski definition) is 1. The van der Waals surface area contributed by atoms with E-state index in [1.165, 1.54) is 12.7 Å². The predicted octanol–water partition coefficient (Wildman–Crippen LogP) is 6.50. The number of carbonyl (C=O) groups excluding carboxylic acids is 2. The van der Waals surface area contributed by atoms with Gasteiger partial charge in [-0.15, -0.1) is 0 Å². The van der Waals surface area contributed by atoms with Crippen molar-refractivity contribution in [3.8, 4) is 0 Å².